The number of hydrogen-bond donors (Lipinski definition) is 1. The van der Waals surface area contributed by atoms with E-state index in [0.717, 1.165) is 19.3 Å². The zero-order chi connectivity index (χ0) is 25.5. The number of nitro benzene ring substituents is 1. The van der Waals surface area contributed by atoms with Crippen molar-refractivity contribution in [1.29, 1.82) is 0 Å². The second kappa shape index (κ2) is 11.6. The van der Waals surface area contributed by atoms with Crippen molar-refractivity contribution >= 4 is 29.2 Å². The molecule has 0 radical (unpaired) electrons. The molecule has 0 unspecified atom stereocenters. The van der Waals surface area contributed by atoms with Crippen LogP contribution in [0.25, 0.3) is 0 Å². The van der Waals surface area contributed by atoms with Crippen molar-refractivity contribution in [2.24, 2.45) is 17.8 Å². The number of nitro groups is 1. The number of carbonyl (C=O) groups is 3. The van der Waals surface area contributed by atoms with Crippen molar-refractivity contribution in [3.63, 3.8) is 0 Å². The molecule has 9 nitrogen and oxygen atoms in total. The molecule has 0 aliphatic heterocycles. The van der Waals surface area contributed by atoms with E-state index in [9.17, 15) is 24.5 Å². The average molecular weight is 483 g/mol. The predicted molar refractivity (Wildman–Crippen MR) is 129 cm³/mol. The fraction of sp³-hybridized carbons (Fsp3) is 0.423. The number of nitrogens with zero attached hydrogens (tertiary/aromatic N) is 1. The quantitative estimate of drug-likeness (QED) is 0.318. The topological polar surface area (TPSA) is 125 Å². The van der Waals surface area contributed by atoms with Crippen LogP contribution in [0, 0.1) is 27.9 Å². The Morgan fingerprint density at radius 2 is 1.74 bits per heavy atom. The number of anilines is 1. The van der Waals surface area contributed by atoms with Gasteiger partial charge in [-0.25, -0.2) is 9.59 Å². The molecule has 2 aromatic rings. The zero-order valence-electron chi connectivity index (χ0n) is 20.1. The van der Waals surface area contributed by atoms with Crippen LogP contribution in [0.2, 0.25) is 0 Å². The number of amides is 1. The molecule has 3 atom stereocenters. The smallest absolute Gasteiger partial charge is 0.339 e. The van der Waals surface area contributed by atoms with Gasteiger partial charge in [0.2, 0.25) is 0 Å². The molecule has 1 saturated carbocycles. The molecular weight excluding hydrogens is 452 g/mol. The first-order chi connectivity index (χ1) is 16.7. The molecular formula is C26H30N2O7. The van der Waals surface area contributed by atoms with Crippen LogP contribution >= 0.6 is 0 Å². The van der Waals surface area contributed by atoms with Crippen molar-refractivity contribution in [3.8, 4) is 0 Å². The highest BCUT2D eigenvalue weighted by atomic mass is 16.6. The van der Waals surface area contributed by atoms with Crippen LogP contribution in [0.3, 0.4) is 0 Å². The van der Waals surface area contributed by atoms with Gasteiger partial charge in [0.05, 0.1) is 16.1 Å². The van der Waals surface area contributed by atoms with E-state index in [2.05, 4.69) is 26.1 Å². The molecule has 0 bridgehead atoms. The summed E-state index contributed by atoms with van der Waals surface area (Å²) in [6.45, 7) is 5.75. The summed E-state index contributed by atoms with van der Waals surface area (Å²) in [4.78, 5) is 48.2. The third-order valence-corrected chi connectivity index (χ3v) is 6.26. The fourth-order valence-corrected chi connectivity index (χ4v) is 4.39. The van der Waals surface area contributed by atoms with Crippen LogP contribution in [0.15, 0.2) is 48.5 Å². The molecule has 0 spiro atoms. The molecule has 2 aromatic carbocycles. The minimum absolute atomic E-state index is 0.00519. The molecule has 0 saturated heterocycles. The normalized spacial score (nSPS) is 19.6. The maximum atomic E-state index is 13.0. The van der Waals surface area contributed by atoms with Crippen LogP contribution in [0.1, 0.15) is 60.7 Å². The summed E-state index contributed by atoms with van der Waals surface area (Å²) in [5.74, 6) is -1.04. The lowest BCUT2D eigenvalue weighted by Crippen LogP contribution is -2.36. The van der Waals surface area contributed by atoms with Gasteiger partial charge in [0.15, 0.2) is 6.61 Å². The Morgan fingerprint density at radius 3 is 2.40 bits per heavy atom. The Morgan fingerprint density at radius 1 is 1.06 bits per heavy atom. The van der Waals surface area contributed by atoms with E-state index in [1.807, 2.05) is 0 Å². The Balaban J connectivity index is 1.64. The molecule has 1 N–H and O–H groups in total. The number of rotatable bonds is 8. The van der Waals surface area contributed by atoms with E-state index in [1.165, 1.54) is 36.4 Å². The summed E-state index contributed by atoms with van der Waals surface area (Å²) in [5.41, 5.74) is 0.105. The summed E-state index contributed by atoms with van der Waals surface area (Å²) in [6.07, 6.45) is 2.63. The summed E-state index contributed by atoms with van der Waals surface area (Å²) in [6, 6.07) is 11.6. The van der Waals surface area contributed by atoms with E-state index in [-0.39, 0.29) is 34.5 Å². The van der Waals surface area contributed by atoms with Gasteiger partial charge in [0.1, 0.15) is 6.10 Å². The minimum Gasteiger partial charge on any atom is -0.458 e. The van der Waals surface area contributed by atoms with Gasteiger partial charge >= 0.3 is 11.9 Å². The molecule has 1 fully saturated rings. The molecule has 9 heteroatoms. The van der Waals surface area contributed by atoms with Gasteiger partial charge in [0.25, 0.3) is 11.6 Å². The number of benzene rings is 2. The first-order valence-corrected chi connectivity index (χ1v) is 11.7. The Kier molecular flexibility index (Phi) is 8.57. The van der Waals surface area contributed by atoms with Crippen molar-refractivity contribution in [1.82, 2.24) is 0 Å². The van der Waals surface area contributed by atoms with Crippen LogP contribution in [-0.2, 0) is 14.3 Å². The van der Waals surface area contributed by atoms with Crippen molar-refractivity contribution < 1.29 is 28.8 Å². The lowest BCUT2D eigenvalue weighted by molar-refractivity contribution is -0.384. The number of carbonyl (C=O) groups excluding carboxylic acids is 3. The number of ether oxygens (including phenoxy) is 2. The number of nitrogens with one attached hydrogen (secondary N) is 1. The van der Waals surface area contributed by atoms with E-state index in [0.29, 0.717) is 11.8 Å². The summed E-state index contributed by atoms with van der Waals surface area (Å²) in [7, 11) is 0. The summed E-state index contributed by atoms with van der Waals surface area (Å²) >= 11 is 0. The number of hydrogen-bond acceptors (Lipinski definition) is 7. The summed E-state index contributed by atoms with van der Waals surface area (Å²) < 4.78 is 11.0. The molecule has 0 heterocycles. The highest BCUT2D eigenvalue weighted by Crippen LogP contribution is 2.36. The SMILES string of the molecule is CC(C)[C@H]1CC[C@@H](C)C[C@@H]1OC(=O)c1ccccc1C(=O)OCC(=O)Nc1cccc([N+](=O)[O-])c1. The molecule has 186 valence electrons. The van der Waals surface area contributed by atoms with Crippen LogP contribution in [0.4, 0.5) is 11.4 Å². The van der Waals surface area contributed by atoms with Crippen molar-refractivity contribution in [3.05, 3.63) is 69.8 Å². The highest BCUT2D eigenvalue weighted by molar-refractivity contribution is 6.04. The van der Waals surface area contributed by atoms with Crippen LogP contribution in [0.5, 0.6) is 0 Å². The Labute approximate surface area is 204 Å². The first-order valence-electron chi connectivity index (χ1n) is 11.7. The zero-order valence-corrected chi connectivity index (χ0v) is 20.1. The fourth-order valence-electron chi connectivity index (χ4n) is 4.39. The molecule has 0 aromatic heterocycles. The van der Waals surface area contributed by atoms with Crippen molar-refractivity contribution in [2.75, 3.05) is 11.9 Å². The standard InChI is InChI=1S/C26H30N2O7/c1-16(2)20-12-11-17(3)13-23(20)35-26(31)22-10-5-4-9-21(22)25(30)34-15-24(29)27-18-7-6-8-19(14-18)28(32)33/h4-10,14,16-17,20,23H,11-13,15H2,1-3H3,(H,27,29)/t17-,20-,23+/m1/s1. The summed E-state index contributed by atoms with van der Waals surface area (Å²) in [5, 5.41) is 13.3. The van der Waals surface area contributed by atoms with Gasteiger partial charge in [-0.15, -0.1) is 0 Å². The van der Waals surface area contributed by atoms with Crippen LogP contribution in [-0.4, -0.2) is 35.5 Å². The van der Waals surface area contributed by atoms with Crippen LogP contribution < -0.4 is 5.32 Å². The highest BCUT2D eigenvalue weighted by Gasteiger charge is 2.34. The minimum atomic E-state index is -0.843. The maximum absolute atomic E-state index is 13.0. The Hall–Kier alpha value is -3.75. The second-order valence-corrected chi connectivity index (χ2v) is 9.25. The van der Waals surface area contributed by atoms with E-state index >= 15 is 0 Å². The van der Waals surface area contributed by atoms with E-state index in [4.69, 9.17) is 9.47 Å². The maximum Gasteiger partial charge on any atom is 0.339 e. The Bertz CT molecular complexity index is 1100. The number of esters is 2. The van der Waals surface area contributed by atoms with Gasteiger partial charge in [0, 0.05) is 17.8 Å². The molecule has 3 rings (SSSR count). The molecule has 1 aliphatic carbocycles. The second-order valence-electron chi connectivity index (χ2n) is 9.25. The average Bonchev–Trinajstić information content (AvgIpc) is 2.82. The van der Waals surface area contributed by atoms with Gasteiger partial charge in [-0.3, -0.25) is 14.9 Å². The first kappa shape index (κ1) is 25.9. The largest absolute Gasteiger partial charge is 0.458 e. The predicted octanol–water partition coefficient (Wildman–Crippen LogP) is 5.01. The third kappa shape index (κ3) is 6.88. The van der Waals surface area contributed by atoms with E-state index < -0.39 is 29.4 Å². The van der Waals surface area contributed by atoms with Gasteiger partial charge in [-0.2, -0.15) is 0 Å². The van der Waals surface area contributed by atoms with Gasteiger partial charge in [-0.1, -0.05) is 45.4 Å². The molecule has 1 amide bonds. The monoisotopic (exact) mass is 482 g/mol. The van der Waals surface area contributed by atoms with E-state index in [1.54, 1.807) is 12.1 Å². The van der Waals surface area contributed by atoms with Gasteiger partial charge < -0.3 is 14.8 Å². The lowest BCUT2D eigenvalue weighted by Gasteiger charge is -2.36. The molecule has 35 heavy (non-hydrogen) atoms. The number of non-ortho nitro benzene ring substituents is 1. The van der Waals surface area contributed by atoms with Crippen molar-refractivity contribution in [2.45, 2.75) is 46.1 Å². The molecule has 1 aliphatic rings. The lowest BCUT2D eigenvalue weighted by atomic mass is 9.75. The third-order valence-electron chi connectivity index (χ3n) is 6.26. The van der Waals surface area contributed by atoms with Gasteiger partial charge in [-0.05, 0) is 48.8 Å².